The summed E-state index contributed by atoms with van der Waals surface area (Å²) in [6, 6.07) is 26.9. The van der Waals surface area contributed by atoms with E-state index in [4.69, 9.17) is 0 Å². The van der Waals surface area contributed by atoms with Crippen LogP contribution in [0.2, 0.25) is 0 Å². The Labute approximate surface area is 181 Å². The molecule has 0 N–H and O–H groups in total. The highest BCUT2D eigenvalue weighted by molar-refractivity contribution is 5.73. The van der Waals surface area contributed by atoms with E-state index in [-0.39, 0.29) is 0 Å². The maximum atomic E-state index is 4.67. The van der Waals surface area contributed by atoms with Crippen LogP contribution in [-0.4, -0.2) is 19.9 Å². The number of pyridine rings is 2. The van der Waals surface area contributed by atoms with Crippen molar-refractivity contribution in [3.05, 3.63) is 109 Å². The van der Waals surface area contributed by atoms with E-state index in [9.17, 15) is 0 Å². The number of nitrogens with zero attached hydrogens (tertiary/aromatic N) is 4. The molecule has 0 saturated carbocycles. The molecule has 0 saturated heterocycles. The molecule has 148 valence electrons. The maximum Gasteiger partial charge on any atom is 0.126 e. The fourth-order valence-electron chi connectivity index (χ4n) is 3.60. The minimum atomic E-state index is 0.750. The molecule has 3 aromatic heterocycles. The molecule has 5 rings (SSSR count). The number of aromatic nitrogens is 4. The number of aryl methyl sites for hydroxylation is 1. The zero-order chi connectivity index (χ0) is 21.0. The Morgan fingerprint density at radius 3 is 1.29 bits per heavy atom. The number of hydrogen-bond donors (Lipinski definition) is 0. The van der Waals surface area contributed by atoms with Gasteiger partial charge in [-0.25, -0.2) is 9.97 Å². The standard InChI is InChI=1S/C27H20N4/c1-19-30-26(22-10-6-20(7-11-22)24-4-2-14-28-17-24)16-27(31-19)23-12-8-21(9-13-23)25-5-3-15-29-18-25/h2-18H,1H3. The zero-order valence-electron chi connectivity index (χ0n) is 17.1. The minimum Gasteiger partial charge on any atom is -0.264 e. The lowest BCUT2D eigenvalue weighted by Crippen LogP contribution is -1.95. The molecule has 2 aromatic carbocycles. The molecule has 0 aliphatic heterocycles. The fourth-order valence-corrected chi connectivity index (χ4v) is 3.60. The van der Waals surface area contributed by atoms with Crippen molar-refractivity contribution in [1.82, 2.24) is 19.9 Å². The summed E-state index contributed by atoms with van der Waals surface area (Å²) >= 11 is 0. The molecule has 31 heavy (non-hydrogen) atoms. The van der Waals surface area contributed by atoms with Crippen molar-refractivity contribution in [3.63, 3.8) is 0 Å². The van der Waals surface area contributed by atoms with E-state index in [2.05, 4.69) is 80.6 Å². The van der Waals surface area contributed by atoms with E-state index in [0.29, 0.717) is 0 Å². The highest BCUT2D eigenvalue weighted by Crippen LogP contribution is 2.28. The normalized spacial score (nSPS) is 10.7. The Morgan fingerprint density at radius 1 is 0.484 bits per heavy atom. The van der Waals surface area contributed by atoms with Gasteiger partial charge >= 0.3 is 0 Å². The number of hydrogen-bond acceptors (Lipinski definition) is 4. The summed E-state index contributed by atoms with van der Waals surface area (Å²) in [6.07, 6.45) is 7.31. The lowest BCUT2D eigenvalue weighted by Gasteiger charge is -2.09. The Morgan fingerprint density at radius 2 is 0.903 bits per heavy atom. The van der Waals surface area contributed by atoms with Gasteiger partial charge in [0.25, 0.3) is 0 Å². The molecule has 0 aliphatic carbocycles. The Hall–Kier alpha value is -4.18. The minimum absolute atomic E-state index is 0.750. The van der Waals surface area contributed by atoms with Gasteiger partial charge in [0.2, 0.25) is 0 Å². The predicted octanol–water partition coefficient (Wildman–Crippen LogP) is 6.24. The summed E-state index contributed by atoms with van der Waals surface area (Å²) < 4.78 is 0. The Balaban J connectivity index is 1.45. The lowest BCUT2D eigenvalue weighted by atomic mass is 10.0. The van der Waals surface area contributed by atoms with Gasteiger partial charge in [0, 0.05) is 35.9 Å². The van der Waals surface area contributed by atoms with Crippen molar-refractivity contribution < 1.29 is 0 Å². The third-order valence-electron chi connectivity index (χ3n) is 5.19. The van der Waals surface area contributed by atoms with Crippen molar-refractivity contribution in [3.8, 4) is 44.8 Å². The first-order valence-electron chi connectivity index (χ1n) is 10.1. The van der Waals surface area contributed by atoms with Gasteiger partial charge in [-0.1, -0.05) is 60.7 Å². The van der Waals surface area contributed by atoms with Crippen LogP contribution in [0.5, 0.6) is 0 Å². The molecule has 0 aliphatic rings. The maximum absolute atomic E-state index is 4.67. The van der Waals surface area contributed by atoms with Crippen molar-refractivity contribution >= 4 is 0 Å². The van der Waals surface area contributed by atoms with E-state index >= 15 is 0 Å². The van der Waals surface area contributed by atoms with Crippen molar-refractivity contribution in [2.24, 2.45) is 0 Å². The van der Waals surface area contributed by atoms with Gasteiger partial charge in [0.05, 0.1) is 11.4 Å². The van der Waals surface area contributed by atoms with Crippen LogP contribution in [-0.2, 0) is 0 Å². The average molecular weight is 400 g/mol. The Kier molecular flexibility index (Phi) is 5.03. The van der Waals surface area contributed by atoms with E-state index in [1.807, 2.05) is 37.5 Å². The van der Waals surface area contributed by atoms with Crippen LogP contribution in [0.15, 0.2) is 104 Å². The Bertz CT molecular complexity index is 1200. The highest BCUT2D eigenvalue weighted by Gasteiger charge is 2.08. The monoisotopic (exact) mass is 400 g/mol. The van der Waals surface area contributed by atoms with E-state index in [0.717, 1.165) is 50.6 Å². The van der Waals surface area contributed by atoms with Crippen LogP contribution in [0.25, 0.3) is 44.8 Å². The van der Waals surface area contributed by atoms with Crippen molar-refractivity contribution in [1.29, 1.82) is 0 Å². The molecule has 4 nitrogen and oxygen atoms in total. The third-order valence-corrected chi connectivity index (χ3v) is 5.19. The summed E-state index contributed by atoms with van der Waals surface area (Å²) in [5.41, 5.74) is 8.41. The first-order valence-corrected chi connectivity index (χ1v) is 10.1. The first-order chi connectivity index (χ1) is 15.3. The van der Waals surface area contributed by atoms with Crippen LogP contribution in [0, 0.1) is 6.92 Å². The van der Waals surface area contributed by atoms with Crippen LogP contribution >= 0.6 is 0 Å². The second-order valence-corrected chi connectivity index (χ2v) is 7.32. The molecule has 0 amide bonds. The van der Waals surface area contributed by atoms with Gasteiger partial charge in [0.1, 0.15) is 5.82 Å². The molecule has 0 atom stereocenters. The van der Waals surface area contributed by atoms with Gasteiger partial charge in [-0.15, -0.1) is 0 Å². The molecular formula is C27H20N4. The summed E-state index contributed by atoms with van der Waals surface area (Å²) in [4.78, 5) is 17.7. The van der Waals surface area contributed by atoms with Crippen molar-refractivity contribution in [2.75, 3.05) is 0 Å². The topological polar surface area (TPSA) is 51.6 Å². The SMILES string of the molecule is Cc1nc(-c2ccc(-c3cccnc3)cc2)cc(-c2ccc(-c3cccnc3)cc2)n1. The molecular weight excluding hydrogens is 380 g/mol. The summed E-state index contributed by atoms with van der Waals surface area (Å²) in [5.74, 6) is 0.750. The molecule has 0 fully saturated rings. The average Bonchev–Trinajstić information content (AvgIpc) is 2.85. The fraction of sp³-hybridized carbons (Fsp3) is 0.0370. The summed E-state index contributed by atoms with van der Waals surface area (Å²) in [5, 5.41) is 0. The largest absolute Gasteiger partial charge is 0.264 e. The van der Waals surface area contributed by atoms with E-state index in [1.54, 1.807) is 12.4 Å². The van der Waals surface area contributed by atoms with Gasteiger partial charge in [0.15, 0.2) is 0 Å². The van der Waals surface area contributed by atoms with Gasteiger partial charge in [-0.05, 0) is 47.4 Å². The lowest BCUT2D eigenvalue weighted by molar-refractivity contribution is 1.06. The molecule has 5 aromatic rings. The molecule has 4 heteroatoms. The molecule has 3 heterocycles. The van der Waals surface area contributed by atoms with Crippen LogP contribution < -0.4 is 0 Å². The quantitative estimate of drug-likeness (QED) is 0.358. The first kappa shape index (κ1) is 18.8. The molecule has 0 bridgehead atoms. The van der Waals surface area contributed by atoms with Crippen LogP contribution in [0.4, 0.5) is 0 Å². The third kappa shape index (κ3) is 4.09. The zero-order valence-corrected chi connectivity index (χ0v) is 17.1. The molecule has 0 unspecified atom stereocenters. The smallest absolute Gasteiger partial charge is 0.126 e. The predicted molar refractivity (Wildman–Crippen MR) is 124 cm³/mol. The van der Waals surface area contributed by atoms with Gasteiger partial charge in [-0.2, -0.15) is 0 Å². The number of rotatable bonds is 4. The van der Waals surface area contributed by atoms with Crippen LogP contribution in [0.1, 0.15) is 5.82 Å². The highest BCUT2D eigenvalue weighted by atomic mass is 14.9. The summed E-state index contributed by atoms with van der Waals surface area (Å²) in [6.45, 7) is 1.93. The van der Waals surface area contributed by atoms with Crippen molar-refractivity contribution in [2.45, 2.75) is 6.92 Å². The van der Waals surface area contributed by atoms with E-state index in [1.165, 1.54) is 0 Å². The second-order valence-electron chi connectivity index (χ2n) is 7.32. The van der Waals surface area contributed by atoms with Gasteiger partial charge in [-0.3, -0.25) is 9.97 Å². The van der Waals surface area contributed by atoms with Crippen LogP contribution in [0.3, 0.4) is 0 Å². The second kappa shape index (κ2) is 8.28. The van der Waals surface area contributed by atoms with Gasteiger partial charge < -0.3 is 0 Å². The molecule has 0 radical (unpaired) electrons. The van der Waals surface area contributed by atoms with E-state index < -0.39 is 0 Å². The summed E-state index contributed by atoms with van der Waals surface area (Å²) in [7, 11) is 0. The molecule has 0 spiro atoms. The number of benzene rings is 2.